The molecular formula is C17H17ClFNO5S. The third-order valence-electron chi connectivity index (χ3n) is 3.63. The van der Waals surface area contributed by atoms with E-state index in [2.05, 4.69) is 5.32 Å². The average molecular weight is 402 g/mol. The SMILES string of the molecule is COc1cc(CCNC(=O)c2ccccc2F)c(S(=O)(=O)Cl)cc1OC. The van der Waals surface area contributed by atoms with Gasteiger partial charge in [-0.3, -0.25) is 4.79 Å². The molecule has 0 radical (unpaired) electrons. The fourth-order valence-electron chi connectivity index (χ4n) is 2.38. The molecule has 0 bridgehead atoms. The van der Waals surface area contributed by atoms with Gasteiger partial charge >= 0.3 is 0 Å². The van der Waals surface area contributed by atoms with Crippen LogP contribution in [0.4, 0.5) is 4.39 Å². The Morgan fingerprint density at radius 3 is 2.35 bits per heavy atom. The number of amides is 1. The first-order valence-corrected chi connectivity index (χ1v) is 9.81. The molecule has 2 aromatic carbocycles. The van der Waals surface area contributed by atoms with Crippen LogP contribution in [0.15, 0.2) is 41.3 Å². The first-order valence-electron chi connectivity index (χ1n) is 7.50. The zero-order chi connectivity index (χ0) is 19.3. The minimum atomic E-state index is -4.04. The summed E-state index contributed by atoms with van der Waals surface area (Å²) in [5, 5.41) is 2.54. The number of methoxy groups -OCH3 is 2. The summed E-state index contributed by atoms with van der Waals surface area (Å²) in [6, 6.07) is 8.30. The molecule has 0 saturated carbocycles. The lowest BCUT2D eigenvalue weighted by Crippen LogP contribution is -2.26. The Balaban J connectivity index is 2.21. The normalized spacial score (nSPS) is 11.1. The lowest BCUT2D eigenvalue weighted by Gasteiger charge is -2.13. The molecule has 0 aliphatic rings. The van der Waals surface area contributed by atoms with Crippen LogP contribution < -0.4 is 14.8 Å². The Bertz CT molecular complexity index is 917. The van der Waals surface area contributed by atoms with Crippen LogP contribution in [-0.4, -0.2) is 35.1 Å². The van der Waals surface area contributed by atoms with Crippen molar-refractivity contribution in [3.8, 4) is 11.5 Å². The number of ether oxygens (including phenoxy) is 2. The number of nitrogens with one attached hydrogen (secondary N) is 1. The van der Waals surface area contributed by atoms with Gasteiger partial charge < -0.3 is 14.8 Å². The van der Waals surface area contributed by atoms with Crippen molar-refractivity contribution >= 4 is 25.6 Å². The molecule has 9 heteroatoms. The first-order chi connectivity index (χ1) is 12.3. The second-order valence-electron chi connectivity index (χ2n) is 5.24. The van der Waals surface area contributed by atoms with E-state index in [1.54, 1.807) is 6.07 Å². The lowest BCUT2D eigenvalue weighted by molar-refractivity contribution is 0.0950. The Labute approximate surface area is 155 Å². The molecule has 0 heterocycles. The highest BCUT2D eigenvalue weighted by Gasteiger charge is 2.20. The number of halogens is 2. The molecule has 140 valence electrons. The van der Waals surface area contributed by atoms with Gasteiger partial charge in [0.05, 0.1) is 24.7 Å². The molecule has 0 saturated heterocycles. The van der Waals surface area contributed by atoms with Gasteiger partial charge in [0.25, 0.3) is 15.0 Å². The summed E-state index contributed by atoms with van der Waals surface area (Å²) in [5.74, 6) is -0.697. The fourth-order valence-corrected chi connectivity index (χ4v) is 3.53. The average Bonchev–Trinajstić information content (AvgIpc) is 2.60. The number of hydrogen-bond donors (Lipinski definition) is 1. The number of carbonyl (C=O) groups excluding carboxylic acids is 1. The Morgan fingerprint density at radius 2 is 1.77 bits per heavy atom. The van der Waals surface area contributed by atoms with Gasteiger partial charge in [0, 0.05) is 23.3 Å². The van der Waals surface area contributed by atoms with E-state index in [0.717, 1.165) is 0 Å². The highest BCUT2D eigenvalue weighted by atomic mass is 35.7. The first kappa shape index (κ1) is 20.0. The molecule has 26 heavy (non-hydrogen) atoms. The molecule has 1 N–H and O–H groups in total. The molecule has 2 aromatic rings. The van der Waals surface area contributed by atoms with Crippen LogP contribution in [0, 0.1) is 5.82 Å². The molecule has 0 aliphatic heterocycles. The van der Waals surface area contributed by atoms with Crippen LogP contribution in [0.2, 0.25) is 0 Å². The van der Waals surface area contributed by atoms with Gasteiger partial charge in [0.15, 0.2) is 11.5 Å². The molecule has 0 atom stereocenters. The van der Waals surface area contributed by atoms with E-state index in [1.165, 1.54) is 44.6 Å². The zero-order valence-electron chi connectivity index (χ0n) is 14.1. The van der Waals surface area contributed by atoms with E-state index in [-0.39, 0.29) is 29.2 Å². The number of rotatable bonds is 7. The van der Waals surface area contributed by atoms with E-state index < -0.39 is 20.8 Å². The summed E-state index contributed by atoms with van der Waals surface area (Å²) < 4.78 is 47.5. The number of carbonyl (C=O) groups is 1. The van der Waals surface area contributed by atoms with Crippen LogP contribution in [-0.2, 0) is 15.5 Å². The molecular weight excluding hydrogens is 385 g/mol. The second-order valence-corrected chi connectivity index (χ2v) is 7.77. The summed E-state index contributed by atoms with van der Waals surface area (Å²) in [4.78, 5) is 11.9. The number of benzene rings is 2. The van der Waals surface area contributed by atoms with Crippen molar-refractivity contribution < 1.29 is 27.1 Å². The van der Waals surface area contributed by atoms with Gasteiger partial charge in [-0.1, -0.05) is 12.1 Å². The minimum absolute atomic E-state index is 0.0715. The van der Waals surface area contributed by atoms with Crippen molar-refractivity contribution in [1.82, 2.24) is 5.32 Å². The molecule has 0 spiro atoms. The largest absolute Gasteiger partial charge is 0.493 e. The maximum Gasteiger partial charge on any atom is 0.261 e. The lowest BCUT2D eigenvalue weighted by atomic mass is 10.1. The molecule has 2 rings (SSSR count). The summed E-state index contributed by atoms with van der Waals surface area (Å²) in [6.45, 7) is 0.0715. The van der Waals surface area contributed by atoms with E-state index in [0.29, 0.717) is 11.3 Å². The molecule has 1 amide bonds. The monoisotopic (exact) mass is 401 g/mol. The van der Waals surface area contributed by atoms with Crippen molar-refractivity contribution in [2.24, 2.45) is 0 Å². The predicted molar refractivity (Wildman–Crippen MR) is 95.0 cm³/mol. The highest BCUT2D eigenvalue weighted by molar-refractivity contribution is 8.13. The van der Waals surface area contributed by atoms with E-state index >= 15 is 0 Å². The third-order valence-corrected chi connectivity index (χ3v) is 5.03. The van der Waals surface area contributed by atoms with Crippen LogP contribution in [0.5, 0.6) is 11.5 Å². The summed E-state index contributed by atoms with van der Waals surface area (Å²) in [5.41, 5.74) is 0.247. The smallest absolute Gasteiger partial charge is 0.261 e. The quantitative estimate of drug-likeness (QED) is 0.721. The van der Waals surface area contributed by atoms with Gasteiger partial charge in [0.2, 0.25) is 0 Å². The van der Waals surface area contributed by atoms with Gasteiger partial charge in [0.1, 0.15) is 5.82 Å². The number of hydrogen-bond acceptors (Lipinski definition) is 5. The van der Waals surface area contributed by atoms with Crippen LogP contribution in [0.3, 0.4) is 0 Å². The third kappa shape index (κ3) is 4.64. The van der Waals surface area contributed by atoms with Crippen molar-refractivity contribution in [1.29, 1.82) is 0 Å². The Kier molecular flexibility index (Phi) is 6.44. The standard InChI is InChI=1S/C17H17ClFNO5S/c1-24-14-9-11(16(26(18,22)23)10-15(14)25-2)7-8-20-17(21)12-5-3-4-6-13(12)19/h3-6,9-10H,7-8H2,1-2H3,(H,20,21). The van der Waals surface area contributed by atoms with Crippen molar-refractivity contribution in [3.63, 3.8) is 0 Å². The van der Waals surface area contributed by atoms with Crippen LogP contribution in [0.25, 0.3) is 0 Å². The molecule has 0 unspecified atom stereocenters. The summed E-state index contributed by atoms with van der Waals surface area (Å²) in [6.07, 6.45) is 0.141. The van der Waals surface area contributed by atoms with E-state index in [9.17, 15) is 17.6 Å². The second kappa shape index (κ2) is 8.37. The zero-order valence-corrected chi connectivity index (χ0v) is 15.7. The highest BCUT2D eigenvalue weighted by Crippen LogP contribution is 2.34. The van der Waals surface area contributed by atoms with Crippen LogP contribution >= 0.6 is 10.7 Å². The molecule has 0 aliphatic carbocycles. The topological polar surface area (TPSA) is 81.7 Å². The molecule has 0 aromatic heterocycles. The van der Waals surface area contributed by atoms with Crippen molar-refractivity contribution in [2.45, 2.75) is 11.3 Å². The van der Waals surface area contributed by atoms with E-state index in [4.69, 9.17) is 20.2 Å². The summed E-state index contributed by atoms with van der Waals surface area (Å²) >= 11 is 0. The predicted octanol–water partition coefficient (Wildman–Crippen LogP) is 2.74. The molecule has 6 nitrogen and oxygen atoms in total. The maximum absolute atomic E-state index is 13.6. The summed E-state index contributed by atoms with van der Waals surface area (Å²) in [7, 11) is 4.23. The van der Waals surface area contributed by atoms with Gasteiger partial charge in [-0.2, -0.15) is 0 Å². The molecule has 0 fully saturated rings. The Hall–Kier alpha value is -2.32. The minimum Gasteiger partial charge on any atom is -0.493 e. The van der Waals surface area contributed by atoms with Crippen molar-refractivity contribution in [3.05, 3.63) is 53.3 Å². The van der Waals surface area contributed by atoms with Crippen LogP contribution in [0.1, 0.15) is 15.9 Å². The van der Waals surface area contributed by atoms with Gasteiger partial charge in [-0.25, -0.2) is 12.8 Å². The maximum atomic E-state index is 13.6. The van der Waals surface area contributed by atoms with Crippen molar-refractivity contribution in [2.75, 3.05) is 20.8 Å². The van der Waals surface area contributed by atoms with E-state index in [1.807, 2.05) is 0 Å². The van der Waals surface area contributed by atoms with Gasteiger partial charge in [-0.05, 0) is 30.2 Å². The fraction of sp³-hybridized carbons (Fsp3) is 0.235. The Morgan fingerprint density at radius 1 is 1.15 bits per heavy atom. The van der Waals surface area contributed by atoms with Gasteiger partial charge in [-0.15, -0.1) is 0 Å².